The van der Waals surface area contributed by atoms with E-state index >= 15 is 0 Å². The second-order valence-corrected chi connectivity index (χ2v) is 8.54. The van der Waals surface area contributed by atoms with Gasteiger partial charge in [-0.3, -0.25) is 19.7 Å². The Balaban J connectivity index is 1.21. The van der Waals surface area contributed by atoms with Crippen molar-refractivity contribution in [2.75, 3.05) is 19.6 Å². The third kappa shape index (κ3) is 4.28. The first kappa shape index (κ1) is 22.1. The van der Waals surface area contributed by atoms with Gasteiger partial charge in [-0.2, -0.15) is 13.2 Å². The number of rotatable bonds is 6. The number of imide groups is 1. The molecule has 3 aliphatic heterocycles. The molecule has 1 aromatic rings. The Labute approximate surface area is 182 Å². The van der Waals surface area contributed by atoms with Crippen molar-refractivity contribution in [3.8, 4) is 0 Å². The standard InChI is InChI=1S/C21H23F3N4O4/c22-21(23,24)14-6-4-13(5-7-14)2-1-3-16(29)28-9-8-20(28)11-27(12-20)17(30)10-15-18(31)26-19(32)25-15/h4-7,15H,1-3,8-12H2,(H2,25,26,31,32). The van der Waals surface area contributed by atoms with E-state index in [0.717, 1.165) is 24.1 Å². The molecule has 0 aliphatic carbocycles. The Morgan fingerprint density at radius 2 is 1.78 bits per heavy atom. The molecule has 3 saturated heterocycles. The number of aryl methyl sites for hydroxylation is 1. The zero-order valence-electron chi connectivity index (χ0n) is 17.2. The number of nitrogens with zero attached hydrogens (tertiary/aromatic N) is 2. The van der Waals surface area contributed by atoms with Crippen molar-refractivity contribution in [3.05, 3.63) is 35.4 Å². The lowest BCUT2D eigenvalue weighted by molar-refractivity contribution is -0.175. The van der Waals surface area contributed by atoms with E-state index in [4.69, 9.17) is 0 Å². The van der Waals surface area contributed by atoms with E-state index < -0.39 is 29.7 Å². The summed E-state index contributed by atoms with van der Waals surface area (Å²) in [5, 5.41) is 4.48. The van der Waals surface area contributed by atoms with Crippen LogP contribution in [0.5, 0.6) is 0 Å². The van der Waals surface area contributed by atoms with Gasteiger partial charge in [0.2, 0.25) is 11.8 Å². The molecule has 11 heteroatoms. The highest BCUT2D eigenvalue weighted by Crippen LogP contribution is 2.40. The zero-order chi connectivity index (χ0) is 23.1. The fraction of sp³-hybridized carbons (Fsp3) is 0.524. The Morgan fingerprint density at radius 1 is 1.09 bits per heavy atom. The van der Waals surface area contributed by atoms with Crippen molar-refractivity contribution < 1.29 is 32.3 Å². The summed E-state index contributed by atoms with van der Waals surface area (Å²) >= 11 is 0. The first-order valence-corrected chi connectivity index (χ1v) is 10.4. The molecule has 0 radical (unpaired) electrons. The summed E-state index contributed by atoms with van der Waals surface area (Å²) in [6, 6.07) is 3.47. The van der Waals surface area contributed by atoms with Gasteiger partial charge in [-0.1, -0.05) is 12.1 Å². The van der Waals surface area contributed by atoms with Crippen LogP contribution in [0.25, 0.3) is 0 Å². The van der Waals surface area contributed by atoms with Gasteiger partial charge >= 0.3 is 12.2 Å². The molecular weight excluding hydrogens is 429 g/mol. The maximum Gasteiger partial charge on any atom is 0.416 e. The maximum absolute atomic E-state index is 12.6. The Hall–Kier alpha value is -3.11. The molecule has 172 valence electrons. The van der Waals surface area contributed by atoms with E-state index in [1.54, 1.807) is 9.80 Å². The second kappa shape index (κ2) is 8.10. The average molecular weight is 452 g/mol. The van der Waals surface area contributed by atoms with Gasteiger partial charge in [-0.25, -0.2) is 4.79 Å². The van der Waals surface area contributed by atoms with Crippen molar-refractivity contribution in [3.63, 3.8) is 0 Å². The number of hydrogen-bond donors (Lipinski definition) is 2. The van der Waals surface area contributed by atoms with E-state index in [9.17, 15) is 32.3 Å². The molecule has 5 amide bonds. The van der Waals surface area contributed by atoms with Crippen LogP contribution in [0.4, 0.5) is 18.0 Å². The number of alkyl halides is 3. The third-order valence-corrected chi connectivity index (χ3v) is 6.37. The topological polar surface area (TPSA) is 98.8 Å². The highest BCUT2D eigenvalue weighted by Gasteiger charge is 2.56. The molecule has 0 aromatic heterocycles. The number of urea groups is 1. The summed E-state index contributed by atoms with van der Waals surface area (Å²) in [6.07, 6.45) is -2.38. The van der Waals surface area contributed by atoms with E-state index in [1.807, 2.05) is 0 Å². The van der Waals surface area contributed by atoms with Crippen LogP contribution in [0, 0.1) is 0 Å². The number of halogens is 3. The fourth-order valence-electron chi connectivity index (χ4n) is 4.44. The number of benzene rings is 1. The van der Waals surface area contributed by atoms with Crippen LogP contribution >= 0.6 is 0 Å². The van der Waals surface area contributed by atoms with Crippen LogP contribution in [0.2, 0.25) is 0 Å². The molecule has 3 fully saturated rings. The summed E-state index contributed by atoms with van der Waals surface area (Å²) < 4.78 is 37.9. The van der Waals surface area contributed by atoms with Crippen molar-refractivity contribution in [2.45, 2.75) is 49.9 Å². The number of amides is 5. The zero-order valence-corrected chi connectivity index (χ0v) is 17.2. The van der Waals surface area contributed by atoms with E-state index in [1.165, 1.54) is 12.1 Å². The lowest BCUT2D eigenvalue weighted by Gasteiger charge is -2.62. The second-order valence-electron chi connectivity index (χ2n) is 8.54. The molecule has 2 N–H and O–H groups in total. The number of carbonyl (C=O) groups is 4. The van der Waals surface area contributed by atoms with Crippen LogP contribution in [-0.2, 0) is 27.0 Å². The molecule has 3 heterocycles. The molecule has 1 unspecified atom stereocenters. The Kier molecular flexibility index (Phi) is 5.59. The minimum atomic E-state index is -4.37. The van der Waals surface area contributed by atoms with E-state index in [0.29, 0.717) is 32.5 Å². The molecule has 1 aromatic carbocycles. The largest absolute Gasteiger partial charge is 0.416 e. The minimum absolute atomic E-state index is 0.0299. The van der Waals surface area contributed by atoms with Gasteiger partial charge in [-0.15, -0.1) is 0 Å². The van der Waals surface area contributed by atoms with Crippen LogP contribution in [-0.4, -0.2) is 64.8 Å². The molecule has 4 rings (SSSR count). The van der Waals surface area contributed by atoms with Crippen molar-refractivity contribution in [1.82, 2.24) is 20.4 Å². The van der Waals surface area contributed by atoms with Crippen LogP contribution in [0.1, 0.15) is 36.8 Å². The van der Waals surface area contributed by atoms with E-state index in [2.05, 4.69) is 10.6 Å². The van der Waals surface area contributed by atoms with Gasteiger partial charge in [0.15, 0.2) is 0 Å². The van der Waals surface area contributed by atoms with Crippen LogP contribution in [0.3, 0.4) is 0 Å². The monoisotopic (exact) mass is 452 g/mol. The summed E-state index contributed by atoms with van der Waals surface area (Å²) in [6.45, 7) is 1.42. The van der Waals surface area contributed by atoms with Crippen molar-refractivity contribution in [2.24, 2.45) is 0 Å². The molecule has 1 spiro atoms. The first-order chi connectivity index (χ1) is 15.1. The molecule has 1 atom stereocenters. The highest BCUT2D eigenvalue weighted by atomic mass is 19.4. The molecular formula is C21H23F3N4O4. The fourth-order valence-corrected chi connectivity index (χ4v) is 4.44. The SMILES string of the molecule is O=C1NC(=O)C(CC(=O)N2CC3(CCN3C(=O)CCCc3ccc(C(F)(F)F)cc3)C2)N1. The van der Waals surface area contributed by atoms with Gasteiger partial charge in [0.25, 0.3) is 5.91 Å². The predicted molar refractivity (Wildman–Crippen MR) is 105 cm³/mol. The summed E-state index contributed by atoms with van der Waals surface area (Å²) in [7, 11) is 0. The lowest BCUT2D eigenvalue weighted by atomic mass is 9.76. The summed E-state index contributed by atoms with van der Waals surface area (Å²) in [5.41, 5.74) is -0.310. The molecule has 0 saturated carbocycles. The molecule has 8 nitrogen and oxygen atoms in total. The number of likely N-dealkylation sites (tertiary alicyclic amines) is 2. The number of carbonyl (C=O) groups excluding carboxylic acids is 4. The van der Waals surface area contributed by atoms with Crippen LogP contribution in [0.15, 0.2) is 24.3 Å². The van der Waals surface area contributed by atoms with Gasteiger partial charge in [0.05, 0.1) is 17.5 Å². The smallest absolute Gasteiger partial charge is 0.338 e. The van der Waals surface area contributed by atoms with Gasteiger partial charge in [-0.05, 0) is 37.0 Å². The number of hydrogen-bond acceptors (Lipinski definition) is 4. The third-order valence-electron chi connectivity index (χ3n) is 6.37. The van der Waals surface area contributed by atoms with Crippen molar-refractivity contribution in [1.29, 1.82) is 0 Å². The Bertz CT molecular complexity index is 941. The van der Waals surface area contributed by atoms with E-state index in [-0.39, 0.29) is 30.2 Å². The maximum atomic E-state index is 12.6. The number of nitrogens with one attached hydrogen (secondary N) is 2. The molecule has 32 heavy (non-hydrogen) atoms. The van der Waals surface area contributed by atoms with Crippen LogP contribution < -0.4 is 10.6 Å². The van der Waals surface area contributed by atoms with Gasteiger partial charge in [0, 0.05) is 26.1 Å². The predicted octanol–water partition coefficient (Wildman–Crippen LogP) is 1.44. The molecule has 0 bridgehead atoms. The highest BCUT2D eigenvalue weighted by molar-refractivity contribution is 6.05. The quantitative estimate of drug-likeness (QED) is 0.639. The van der Waals surface area contributed by atoms with Gasteiger partial charge in [0.1, 0.15) is 6.04 Å². The summed E-state index contributed by atoms with van der Waals surface area (Å²) in [5.74, 6) is -0.802. The molecule has 3 aliphatic rings. The van der Waals surface area contributed by atoms with Gasteiger partial charge < -0.3 is 15.1 Å². The summed E-state index contributed by atoms with van der Waals surface area (Å²) in [4.78, 5) is 51.1. The normalized spacial score (nSPS) is 21.7. The first-order valence-electron chi connectivity index (χ1n) is 10.4. The minimum Gasteiger partial charge on any atom is -0.338 e. The van der Waals surface area contributed by atoms with Crippen molar-refractivity contribution >= 4 is 23.8 Å². The lowest BCUT2D eigenvalue weighted by Crippen LogP contribution is -2.78. The average Bonchev–Trinajstić information content (AvgIpc) is 2.96. The Morgan fingerprint density at radius 3 is 2.31 bits per heavy atom.